The zero-order valence-corrected chi connectivity index (χ0v) is 14.9. The van der Waals surface area contributed by atoms with Gasteiger partial charge in [-0.2, -0.15) is 0 Å². The van der Waals surface area contributed by atoms with Crippen LogP contribution in [0.2, 0.25) is 0 Å². The molecule has 0 aromatic heterocycles. The predicted molar refractivity (Wildman–Crippen MR) is 90.1 cm³/mol. The quantitative estimate of drug-likeness (QED) is 0.760. The maximum absolute atomic E-state index is 11.8. The van der Waals surface area contributed by atoms with Crippen LogP contribution in [0.1, 0.15) is 37.9 Å². The van der Waals surface area contributed by atoms with Gasteiger partial charge >= 0.3 is 6.09 Å². The maximum atomic E-state index is 11.8. The van der Waals surface area contributed by atoms with Crippen molar-refractivity contribution in [1.82, 2.24) is 9.80 Å². The van der Waals surface area contributed by atoms with E-state index in [0.717, 1.165) is 24.0 Å². The van der Waals surface area contributed by atoms with E-state index in [1.807, 2.05) is 0 Å². The number of benzene rings is 1. The summed E-state index contributed by atoms with van der Waals surface area (Å²) in [7, 11) is 0. The van der Waals surface area contributed by atoms with Crippen molar-refractivity contribution >= 4 is 22.0 Å². The van der Waals surface area contributed by atoms with E-state index in [1.54, 1.807) is 4.90 Å². The van der Waals surface area contributed by atoms with Crippen molar-refractivity contribution in [3.05, 3.63) is 33.8 Å². The molecule has 2 aliphatic rings. The molecule has 5 heteroatoms. The second-order valence-electron chi connectivity index (χ2n) is 7.36. The van der Waals surface area contributed by atoms with Crippen LogP contribution in [0.3, 0.4) is 0 Å². The van der Waals surface area contributed by atoms with Crippen molar-refractivity contribution in [3.63, 3.8) is 0 Å². The largest absolute Gasteiger partial charge is 0.465 e. The Balaban J connectivity index is 2.09. The van der Waals surface area contributed by atoms with Crippen LogP contribution in [0.5, 0.6) is 0 Å². The molecule has 0 bridgehead atoms. The molecule has 3 rings (SSSR count). The zero-order valence-electron chi connectivity index (χ0n) is 13.3. The molecule has 1 aromatic rings. The van der Waals surface area contributed by atoms with Crippen LogP contribution in [-0.2, 0) is 6.42 Å². The second kappa shape index (κ2) is 5.53. The molecule has 1 fully saturated rings. The van der Waals surface area contributed by atoms with E-state index in [2.05, 4.69) is 59.8 Å². The molecule has 120 valence electrons. The highest BCUT2D eigenvalue weighted by Crippen LogP contribution is 2.44. The summed E-state index contributed by atoms with van der Waals surface area (Å²) in [5.41, 5.74) is 2.53. The first kappa shape index (κ1) is 15.8. The molecule has 1 unspecified atom stereocenters. The van der Waals surface area contributed by atoms with E-state index in [-0.39, 0.29) is 17.5 Å². The number of fused-ring (bicyclic) bond motifs is 3. The monoisotopic (exact) mass is 366 g/mol. The lowest BCUT2D eigenvalue weighted by Crippen LogP contribution is -2.62. The molecule has 0 aliphatic carbocycles. The van der Waals surface area contributed by atoms with E-state index in [1.165, 1.54) is 11.1 Å². The van der Waals surface area contributed by atoms with Crippen LogP contribution in [0.4, 0.5) is 4.79 Å². The average Bonchev–Trinajstić information content (AvgIpc) is 2.44. The summed E-state index contributed by atoms with van der Waals surface area (Å²) >= 11 is 3.55. The molecule has 4 nitrogen and oxygen atoms in total. The van der Waals surface area contributed by atoms with E-state index in [9.17, 15) is 9.90 Å². The van der Waals surface area contributed by atoms with Gasteiger partial charge in [0.1, 0.15) is 0 Å². The fourth-order valence-corrected chi connectivity index (χ4v) is 4.41. The summed E-state index contributed by atoms with van der Waals surface area (Å²) < 4.78 is 1.10. The summed E-state index contributed by atoms with van der Waals surface area (Å²) in [5, 5.41) is 9.65. The third kappa shape index (κ3) is 2.65. The van der Waals surface area contributed by atoms with Gasteiger partial charge in [0.05, 0.1) is 12.1 Å². The second-order valence-corrected chi connectivity index (χ2v) is 8.28. The van der Waals surface area contributed by atoms with E-state index in [0.29, 0.717) is 6.54 Å². The van der Waals surface area contributed by atoms with E-state index in [4.69, 9.17) is 0 Å². The molecule has 2 atom stereocenters. The van der Waals surface area contributed by atoms with Gasteiger partial charge in [0.2, 0.25) is 0 Å². The van der Waals surface area contributed by atoms with Gasteiger partial charge in [0, 0.05) is 24.1 Å². The molecule has 1 aromatic carbocycles. The lowest BCUT2D eigenvalue weighted by atomic mass is 9.74. The highest BCUT2D eigenvalue weighted by Gasteiger charge is 2.47. The van der Waals surface area contributed by atoms with E-state index >= 15 is 0 Å². The Kier molecular flexibility index (Phi) is 3.98. The Bertz CT molecular complexity index is 597. The Morgan fingerprint density at radius 1 is 1.27 bits per heavy atom. The van der Waals surface area contributed by atoms with Crippen molar-refractivity contribution in [1.29, 1.82) is 0 Å². The van der Waals surface area contributed by atoms with Crippen LogP contribution in [-0.4, -0.2) is 46.7 Å². The number of carboxylic acid groups (broad SMARTS) is 1. The molecule has 0 spiro atoms. The number of halogens is 1. The van der Waals surface area contributed by atoms with Crippen LogP contribution in [0, 0.1) is 5.41 Å². The Hall–Kier alpha value is -1.07. The number of hydrogen-bond donors (Lipinski definition) is 1. The van der Waals surface area contributed by atoms with Gasteiger partial charge in [-0.05, 0) is 35.1 Å². The van der Waals surface area contributed by atoms with Gasteiger partial charge < -0.3 is 10.0 Å². The highest BCUT2D eigenvalue weighted by molar-refractivity contribution is 9.10. The minimum absolute atomic E-state index is 0.0287. The van der Waals surface area contributed by atoms with Gasteiger partial charge in [0.15, 0.2) is 0 Å². The van der Waals surface area contributed by atoms with Crippen LogP contribution in [0.25, 0.3) is 0 Å². The predicted octanol–water partition coefficient (Wildman–Crippen LogP) is 3.76. The SMILES string of the molecule is CC(C)(C)C1[C@H]2c3ccc(Br)cc3CCN2CCN1C(=O)O. The summed E-state index contributed by atoms with van der Waals surface area (Å²) in [5.74, 6) is 0. The maximum Gasteiger partial charge on any atom is 0.407 e. The van der Waals surface area contributed by atoms with Crippen LogP contribution in [0.15, 0.2) is 22.7 Å². The molecule has 0 saturated carbocycles. The van der Waals surface area contributed by atoms with Crippen LogP contribution >= 0.6 is 15.9 Å². The Labute approximate surface area is 140 Å². The van der Waals surface area contributed by atoms with Gasteiger partial charge in [-0.25, -0.2) is 4.79 Å². The van der Waals surface area contributed by atoms with Gasteiger partial charge in [0.25, 0.3) is 0 Å². The standard InChI is InChI=1S/C17H23BrN2O2/c1-17(2,3)15-14-13-5-4-12(18)10-11(13)6-7-19(14)8-9-20(15)16(21)22/h4-5,10,14-15H,6-9H2,1-3H3,(H,21,22)/t14-,15?/m1/s1. The summed E-state index contributed by atoms with van der Waals surface area (Å²) in [6, 6.07) is 6.55. The Morgan fingerprint density at radius 2 is 2.00 bits per heavy atom. The molecular formula is C17H23BrN2O2. The normalized spacial score (nSPS) is 25.5. The number of amides is 1. The smallest absolute Gasteiger partial charge is 0.407 e. The van der Waals surface area contributed by atoms with Crippen molar-refractivity contribution in [2.75, 3.05) is 19.6 Å². The molecule has 1 amide bonds. The lowest BCUT2D eigenvalue weighted by molar-refractivity contribution is -0.0270. The number of carbonyl (C=O) groups is 1. The number of piperazine rings is 1. The fourth-order valence-electron chi connectivity index (χ4n) is 4.00. The number of rotatable bonds is 0. The topological polar surface area (TPSA) is 43.8 Å². The fraction of sp³-hybridized carbons (Fsp3) is 0.588. The molecular weight excluding hydrogens is 344 g/mol. The van der Waals surface area contributed by atoms with Crippen molar-refractivity contribution in [2.24, 2.45) is 5.41 Å². The first-order chi connectivity index (χ1) is 10.3. The number of hydrogen-bond acceptors (Lipinski definition) is 2. The van der Waals surface area contributed by atoms with Gasteiger partial charge in [-0.3, -0.25) is 4.90 Å². The van der Waals surface area contributed by atoms with Crippen molar-refractivity contribution < 1.29 is 9.90 Å². The van der Waals surface area contributed by atoms with Crippen LogP contribution < -0.4 is 0 Å². The van der Waals surface area contributed by atoms with Gasteiger partial charge in [-0.1, -0.05) is 42.8 Å². The molecule has 0 radical (unpaired) electrons. The molecule has 2 heterocycles. The molecule has 1 saturated heterocycles. The minimum atomic E-state index is -0.802. The highest BCUT2D eigenvalue weighted by atomic mass is 79.9. The first-order valence-electron chi connectivity index (χ1n) is 7.81. The van der Waals surface area contributed by atoms with Gasteiger partial charge in [-0.15, -0.1) is 0 Å². The lowest BCUT2D eigenvalue weighted by Gasteiger charge is -2.53. The number of nitrogens with zero attached hydrogens (tertiary/aromatic N) is 2. The third-order valence-electron chi connectivity index (χ3n) is 4.88. The Morgan fingerprint density at radius 3 is 2.64 bits per heavy atom. The summed E-state index contributed by atoms with van der Waals surface area (Å²) in [6.45, 7) is 8.85. The third-order valence-corrected chi connectivity index (χ3v) is 5.37. The average molecular weight is 367 g/mol. The molecule has 1 N–H and O–H groups in total. The first-order valence-corrected chi connectivity index (χ1v) is 8.60. The summed E-state index contributed by atoms with van der Waals surface area (Å²) in [6.07, 6.45) is 0.235. The molecule has 2 aliphatic heterocycles. The summed E-state index contributed by atoms with van der Waals surface area (Å²) in [4.78, 5) is 15.9. The van der Waals surface area contributed by atoms with Crippen molar-refractivity contribution in [2.45, 2.75) is 39.3 Å². The zero-order chi connectivity index (χ0) is 16.1. The van der Waals surface area contributed by atoms with Crippen molar-refractivity contribution in [3.8, 4) is 0 Å². The minimum Gasteiger partial charge on any atom is -0.465 e. The molecule has 22 heavy (non-hydrogen) atoms. The van der Waals surface area contributed by atoms with E-state index < -0.39 is 6.09 Å².